The fourth-order valence-corrected chi connectivity index (χ4v) is 0.849. The Bertz CT molecular complexity index is 402. The first-order valence-corrected chi connectivity index (χ1v) is 4.77. The normalized spacial score (nSPS) is 9.62. The molecular formula is C9H13BF2N4. The van der Waals surface area contributed by atoms with Crippen molar-refractivity contribution >= 4 is 6.70 Å². The van der Waals surface area contributed by atoms with Crippen LogP contribution in [0.4, 0.5) is 8.63 Å². The summed E-state index contributed by atoms with van der Waals surface area (Å²) in [5.74, 6) is 0.749. The highest BCUT2D eigenvalue weighted by molar-refractivity contribution is 6.74. The van der Waals surface area contributed by atoms with Gasteiger partial charge in [-0.25, -0.2) is 19.7 Å². The summed E-state index contributed by atoms with van der Waals surface area (Å²) in [5.41, 5.74) is 0. The average Bonchev–Trinajstić information content (AvgIpc) is 2.65. The van der Waals surface area contributed by atoms with E-state index in [9.17, 15) is 8.63 Å². The molecule has 0 aliphatic carbocycles. The van der Waals surface area contributed by atoms with Gasteiger partial charge in [0.15, 0.2) is 0 Å². The first kappa shape index (κ1) is 14.1. The van der Waals surface area contributed by atoms with Crippen molar-refractivity contribution in [2.45, 2.75) is 19.8 Å². The predicted molar refractivity (Wildman–Crippen MR) is 55.3 cm³/mol. The number of nitrogens with zero attached hydrogens (tertiary/aromatic N) is 4. The topological polar surface area (TPSA) is 56.4 Å². The number of hydrogen-bond donors (Lipinski definition) is 0. The Labute approximate surface area is 93.3 Å². The fourth-order valence-electron chi connectivity index (χ4n) is 0.849. The highest BCUT2D eigenvalue weighted by atomic mass is 19.2. The Kier molecular flexibility index (Phi) is 5.80. The van der Waals surface area contributed by atoms with Gasteiger partial charge in [-0.1, -0.05) is 5.97 Å². The molecule has 0 bridgehead atoms. The van der Waals surface area contributed by atoms with Gasteiger partial charge in [0.1, 0.15) is 12.4 Å². The number of hydrogen-bond acceptors (Lipinski definition) is 2. The van der Waals surface area contributed by atoms with Gasteiger partial charge >= 0.3 is 6.70 Å². The average molecular weight is 226 g/mol. The van der Waals surface area contributed by atoms with Crippen LogP contribution in [0.15, 0.2) is 18.7 Å². The second-order valence-corrected chi connectivity index (χ2v) is 3.21. The molecule has 1 rings (SSSR count). The Balaban J connectivity index is 0.000000281. The number of rotatable bonds is 2. The number of aryl methyl sites for hydroxylation is 2. The highest BCUT2D eigenvalue weighted by Crippen LogP contribution is 2.09. The van der Waals surface area contributed by atoms with E-state index in [0.717, 1.165) is 12.5 Å². The van der Waals surface area contributed by atoms with Crippen LogP contribution in [-0.4, -0.2) is 11.3 Å². The molecule has 0 unspecified atom stereocenters. The van der Waals surface area contributed by atoms with Crippen molar-refractivity contribution in [3.05, 3.63) is 18.7 Å². The Morgan fingerprint density at radius 3 is 2.25 bits per heavy atom. The van der Waals surface area contributed by atoms with Crippen molar-refractivity contribution in [3.8, 4) is 12.0 Å². The molecule has 1 heterocycles. The zero-order valence-corrected chi connectivity index (χ0v) is 9.27. The van der Waals surface area contributed by atoms with E-state index in [4.69, 9.17) is 10.5 Å². The van der Waals surface area contributed by atoms with E-state index in [1.807, 2.05) is 17.8 Å². The summed E-state index contributed by atoms with van der Waals surface area (Å²) in [4.78, 5) is 0. The van der Waals surface area contributed by atoms with E-state index >= 15 is 0 Å². The third-order valence-corrected chi connectivity index (χ3v) is 1.73. The summed E-state index contributed by atoms with van der Waals surface area (Å²) in [6.07, 6.45) is 5.18. The van der Waals surface area contributed by atoms with Crippen molar-refractivity contribution < 1.29 is 13.2 Å². The summed E-state index contributed by atoms with van der Waals surface area (Å²) >= 11 is 0. The van der Waals surface area contributed by atoms with Crippen LogP contribution in [0.3, 0.4) is 0 Å². The van der Waals surface area contributed by atoms with Gasteiger partial charge in [0, 0.05) is 6.07 Å². The van der Waals surface area contributed by atoms with E-state index in [2.05, 4.69) is 24.0 Å². The molecule has 86 valence electrons. The molecule has 0 fully saturated rings. The predicted octanol–water partition coefficient (Wildman–Crippen LogP) is 1.29. The monoisotopic (exact) mass is 226 g/mol. The fraction of sp³-hybridized carbons (Fsp3) is 0.444. The van der Waals surface area contributed by atoms with Crippen LogP contribution >= 0.6 is 0 Å². The summed E-state index contributed by atoms with van der Waals surface area (Å²) in [5, 5.41) is 15.3. The molecule has 0 N–H and O–H groups in total. The molecule has 0 spiro atoms. The van der Waals surface area contributed by atoms with Gasteiger partial charge in [-0.05, 0) is 13.2 Å². The summed E-state index contributed by atoms with van der Waals surface area (Å²) in [7, 11) is 2.02. The van der Waals surface area contributed by atoms with Gasteiger partial charge in [0.2, 0.25) is 6.33 Å². The summed E-state index contributed by atoms with van der Waals surface area (Å²) < 4.78 is 27.4. The molecule has 7 heteroatoms. The maximum Gasteiger partial charge on any atom is 0.417 e. The number of halogens is 2. The van der Waals surface area contributed by atoms with Gasteiger partial charge in [0.25, 0.3) is 0 Å². The Morgan fingerprint density at radius 1 is 1.44 bits per heavy atom. The summed E-state index contributed by atoms with van der Waals surface area (Å²) in [6.45, 7) is -0.853. The van der Waals surface area contributed by atoms with Crippen molar-refractivity contribution in [2.75, 3.05) is 0 Å². The molecule has 0 radical (unpaired) electrons. The molecule has 1 aromatic heterocycles. The number of aromatic nitrogens is 2. The molecule has 4 nitrogen and oxygen atoms in total. The lowest BCUT2D eigenvalue weighted by Crippen LogP contribution is -2.28. The Morgan fingerprint density at radius 2 is 2.06 bits per heavy atom. The standard InChI is InChI=1S/C6H11N2.C3H2BF2N2/c1-3-8-5-4-7(2)6-8;5-4(6,3-8)1-2-7/h4-6H,3H2,1-2H3;1H2/q+1;-1. The zero-order chi connectivity index (χ0) is 12.6. The third kappa shape index (κ3) is 5.76. The molecule has 16 heavy (non-hydrogen) atoms. The first-order chi connectivity index (χ1) is 7.45. The molecule has 0 saturated carbocycles. The van der Waals surface area contributed by atoms with Crippen LogP contribution in [0.5, 0.6) is 0 Å². The largest absolute Gasteiger partial charge is 0.464 e. The smallest absolute Gasteiger partial charge is 0.417 e. The van der Waals surface area contributed by atoms with Crippen LogP contribution in [-0.2, 0) is 13.6 Å². The number of imidazole rings is 1. The van der Waals surface area contributed by atoms with E-state index in [0.29, 0.717) is 0 Å². The quantitative estimate of drug-likeness (QED) is 0.563. The second-order valence-electron chi connectivity index (χ2n) is 3.21. The molecule has 0 aliphatic heterocycles. The van der Waals surface area contributed by atoms with Crippen LogP contribution in [0.2, 0.25) is 6.32 Å². The Hall–Kier alpha value is -1.89. The van der Waals surface area contributed by atoms with Crippen molar-refractivity contribution in [1.82, 2.24) is 4.57 Å². The molecule has 0 atom stereocenters. The van der Waals surface area contributed by atoms with Crippen LogP contribution in [0, 0.1) is 22.6 Å². The van der Waals surface area contributed by atoms with E-state index in [1.54, 1.807) is 0 Å². The molecule has 1 aromatic rings. The van der Waals surface area contributed by atoms with Crippen LogP contribution in [0.1, 0.15) is 6.92 Å². The molecule has 0 amide bonds. The van der Waals surface area contributed by atoms with Crippen molar-refractivity contribution in [2.24, 2.45) is 7.05 Å². The lowest BCUT2D eigenvalue weighted by Gasteiger charge is -2.05. The van der Waals surface area contributed by atoms with Gasteiger partial charge in [0.05, 0.1) is 13.6 Å². The van der Waals surface area contributed by atoms with E-state index < -0.39 is 13.0 Å². The van der Waals surface area contributed by atoms with Crippen LogP contribution in [0.25, 0.3) is 0 Å². The van der Waals surface area contributed by atoms with Gasteiger partial charge in [-0.15, -0.1) is 0 Å². The van der Waals surface area contributed by atoms with Gasteiger partial charge in [-0.3, -0.25) is 0 Å². The minimum Gasteiger partial charge on any atom is -0.464 e. The van der Waals surface area contributed by atoms with E-state index in [1.165, 1.54) is 6.07 Å². The van der Waals surface area contributed by atoms with Gasteiger partial charge < -0.3 is 8.63 Å². The van der Waals surface area contributed by atoms with Crippen molar-refractivity contribution in [3.63, 3.8) is 0 Å². The first-order valence-electron chi connectivity index (χ1n) is 4.77. The maximum absolute atomic E-state index is 11.6. The second kappa shape index (κ2) is 6.57. The number of nitriles is 2. The lowest BCUT2D eigenvalue weighted by molar-refractivity contribution is -0.693. The van der Waals surface area contributed by atoms with E-state index in [-0.39, 0.29) is 0 Å². The molecule has 0 saturated heterocycles. The maximum atomic E-state index is 11.6. The molecular weight excluding hydrogens is 213 g/mol. The molecule has 0 aliphatic rings. The summed E-state index contributed by atoms with van der Waals surface area (Å²) in [6, 6.07) is 1.21. The highest BCUT2D eigenvalue weighted by Gasteiger charge is 2.21. The third-order valence-electron chi connectivity index (χ3n) is 1.73. The SMILES string of the molecule is CC[n+]1ccn(C)c1.N#CC[B-](F)(F)C#N. The minimum absolute atomic E-state index is 0.749. The zero-order valence-electron chi connectivity index (χ0n) is 9.27. The van der Waals surface area contributed by atoms with Crippen LogP contribution < -0.4 is 4.57 Å². The molecule has 0 aromatic carbocycles. The minimum atomic E-state index is -4.03. The van der Waals surface area contributed by atoms with Crippen molar-refractivity contribution in [1.29, 1.82) is 10.5 Å². The lowest BCUT2D eigenvalue weighted by atomic mass is 9.64. The van der Waals surface area contributed by atoms with Gasteiger partial charge in [-0.2, -0.15) is 0 Å².